The Hall–Kier alpha value is -3.52. The Morgan fingerprint density at radius 1 is 1.04 bits per heavy atom. The molecule has 0 fully saturated rings. The lowest BCUT2D eigenvalue weighted by Gasteiger charge is -2.05. The summed E-state index contributed by atoms with van der Waals surface area (Å²) in [5.41, 5.74) is 3.40. The van der Waals surface area contributed by atoms with Gasteiger partial charge >= 0.3 is 5.69 Å². The highest BCUT2D eigenvalue weighted by Crippen LogP contribution is 2.17. The monoisotopic (exact) mass is 377 g/mol. The first-order valence-corrected chi connectivity index (χ1v) is 8.55. The molecule has 0 aliphatic heterocycles. The molecule has 1 N–H and O–H groups in total. The molecule has 5 aromatic rings. The minimum absolute atomic E-state index is 0.262. The summed E-state index contributed by atoms with van der Waals surface area (Å²) >= 11 is 5.83. The fraction of sp³-hybridized carbons (Fsp3) is 0.0556. The number of rotatable bonds is 3. The van der Waals surface area contributed by atoms with E-state index in [1.54, 1.807) is 33.9 Å². The average Bonchev–Trinajstić information content (AvgIpc) is 3.24. The van der Waals surface area contributed by atoms with Gasteiger partial charge in [0.2, 0.25) is 5.95 Å². The molecule has 0 saturated heterocycles. The van der Waals surface area contributed by atoms with Crippen molar-refractivity contribution in [3.8, 4) is 5.95 Å². The van der Waals surface area contributed by atoms with Crippen molar-refractivity contribution in [1.29, 1.82) is 0 Å². The number of para-hydroxylation sites is 2. The van der Waals surface area contributed by atoms with E-state index in [2.05, 4.69) is 24.9 Å². The first kappa shape index (κ1) is 15.7. The number of halogens is 1. The number of fused-ring (bicyclic) bond motifs is 2. The van der Waals surface area contributed by atoms with Crippen LogP contribution < -0.4 is 5.69 Å². The maximum Gasteiger partial charge on any atom is 0.328 e. The Labute approximate surface area is 157 Å². The standard InChI is InChI=1S/C18H12ClN7O/c19-15-6-5-11(7-20-15)9-25-16-13(23-18(25)27)8-21-17(24-16)26-10-22-12-3-1-2-4-14(12)26/h1-8,10H,9H2,(H,23,27). The third-order valence-electron chi connectivity index (χ3n) is 4.30. The molecule has 0 unspecified atom stereocenters. The van der Waals surface area contributed by atoms with Gasteiger partial charge in [0.05, 0.1) is 23.8 Å². The molecule has 5 rings (SSSR count). The molecule has 1 aromatic carbocycles. The van der Waals surface area contributed by atoms with Crippen molar-refractivity contribution in [3.05, 3.63) is 76.3 Å². The van der Waals surface area contributed by atoms with Crippen LogP contribution in [0.25, 0.3) is 28.1 Å². The van der Waals surface area contributed by atoms with Gasteiger partial charge in [0.1, 0.15) is 17.0 Å². The molecule has 9 heteroatoms. The Morgan fingerprint density at radius 3 is 2.78 bits per heavy atom. The van der Waals surface area contributed by atoms with E-state index in [4.69, 9.17) is 11.6 Å². The fourth-order valence-electron chi connectivity index (χ4n) is 3.00. The highest BCUT2D eigenvalue weighted by molar-refractivity contribution is 6.29. The van der Waals surface area contributed by atoms with Gasteiger partial charge in [0.25, 0.3) is 0 Å². The molecular formula is C18H12ClN7O. The Morgan fingerprint density at radius 2 is 1.93 bits per heavy atom. The van der Waals surface area contributed by atoms with Crippen molar-refractivity contribution in [2.24, 2.45) is 0 Å². The van der Waals surface area contributed by atoms with Crippen molar-refractivity contribution in [1.82, 2.24) is 34.1 Å². The smallest absolute Gasteiger partial charge is 0.303 e. The molecule has 0 aliphatic carbocycles. The zero-order valence-corrected chi connectivity index (χ0v) is 14.6. The summed E-state index contributed by atoms with van der Waals surface area (Å²) in [6, 6.07) is 11.2. The number of benzene rings is 1. The molecule has 0 saturated carbocycles. The van der Waals surface area contributed by atoms with Crippen LogP contribution in [-0.4, -0.2) is 34.1 Å². The third kappa shape index (κ3) is 2.67. The topological polar surface area (TPSA) is 94.3 Å². The van der Waals surface area contributed by atoms with E-state index in [1.807, 2.05) is 30.3 Å². The second-order valence-corrected chi connectivity index (χ2v) is 6.40. The van der Waals surface area contributed by atoms with Crippen molar-refractivity contribution < 1.29 is 0 Å². The van der Waals surface area contributed by atoms with Crippen LogP contribution in [0.15, 0.2) is 59.9 Å². The first-order chi connectivity index (χ1) is 13.2. The van der Waals surface area contributed by atoms with Crippen LogP contribution in [0.5, 0.6) is 0 Å². The molecule has 0 spiro atoms. The predicted octanol–water partition coefficient (Wildman–Crippen LogP) is 2.56. The van der Waals surface area contributed by atoms with Gasteiger partial charge in [-0.15, -0.1) is 0 Å². The zero-order chi connectivity index (χ0) is 18.4. The molecule has 0 amide bonds. The van der Waals surface area contributed by atoms with Crippen molar-refractivity contribution in [2.45, 2.75) is 6.54 Å². The number of nitrogens with one attached hydrogen (secondary N) is 1. The van der Waals surface area contributed by atoms with Gasteiger partial charge in [0, 0.05) is 6.20 Å². The van der Waals surface area contributed by atoms with Gasteiger partial charge in [-0.25, -0.2) is 19.7 Å². The van der Waals surface area contributed by atoms with Gasteiger partial charge < -0.3 is 4.98 Å². The molecule has 0 atom stereocenters. The Kier molecular flexibility index (Phi) is 3.51. The van der Waals surface area contributed by atoms with Gasteiger partial charge in [-0.2, -0.15) is 4.98 Å². The van der Waals surface area contributed by atoms with E-state index in [0.29, 0.717) is 28.8 Å². The number of aromatic nitrogens is 7. The van der Waals surface area contributed by atoms with Crippen molar-refractivity contribution >= 4 is 33.8 Å². The van der Waals surface area contributed by atoms with Crippen molar-refractivity contribution in [2.75, 3.05) is 0 Å². The van der Waals surface area contributed by atoms with Gasteiger partial charge in [-0.3, -0.25) is 9.13 Å². The lowest BCUT2D eigenvalue weighted by atomic mass is 10.3. The Balaban J connectivity index is 1.64. The molecule has 8 nitrogen and oxygen atoms in total. The average molecular weight is 378 g/mol. The predicted molar refractivity (Wildman–Crippen MR) is 101 cm³/mol. The Bertz CT molecular complexity index is 1330. The number of H-pyrrole nitrogens is 1. The summed E-state index contributed by atoms with van der Waals surface area (Å²) in [7, 11) is 0. The number of nitrogens with zero attached hydrogens (tertiary/aromatic N) is 6. The van der Waals surface area contributed by atoms with Crippen LogP contribution in [0.2, 0.25) is 5.15 Å². The quantitative estimate of drug-likeness (QED) is 0.487. The number of hydrogen-bond acceptors (Lipinski definition) is 5. The number of aromatic amines is 1. The summed E-state index contributed by atoms with van der Waals surface area (Å²) in [6.07, 6.45) is 4.91. The van der Waals surface area contributed by atoms with Crippen LogP contribution in [0.1, 0.15) is 5.56 Å². The molecular weight excluding hydrogens is 366 g/mol. The van der Waals surface area contributed by atoms with Crippen LogP contribution in [0, 0.1) is 0 Å². The minimum atomic E-state index is -0.262. The highest BCUT2D eigenvalue weighted by atomic mass is 35.5. The molecule has 27 heavy (non-hydrogen) atoms. The molecule has 4 aromatic heterocycles. The summed E-state index contributed by atoms with van der Waals surface area (Å²) in [6.45, 7) is 0.324. The third-order valence-corrected chi connectivity index (χ3v) is 4.52. The second kappa shape index (κ2) is 6.03. The highest BCUT2D eigenvalue weighted by Gasteiger charge is 2.13. The minimum Gasteiger partial charge on any atom is -0.303 e. The molecule has 132 valence electrons. The fourth-order valence-corrected chi connectivity index (χ4v) is 3.11. The maximum absolute atomic E-state index is 12.4. The normalized spacial score (nSPS) is 11.4. The van der Waals surface area contributed by atoms with Crippen LogP contribution in [0.4, 0.5) is 0 Å². The van der Waals surface area contributed by atoms with Crippen LogP contribution in [0.3, 0.4) is 0 Å². The number of imidazole rings is 2. The lowest BCUT2D eigenvalue weighted by Crippen LogP contribution is -2.18. The van der Waals surface area contributed by atoms with Gasteiger partial charge in [-0.1, -0.05) is 29.8 Å². The second-order valence-electron chi connectivity index (χ2n) is 6.02. The van der Waals surface area contributed by atoms with Crippen LogP contribution >= 0.6 is 11.6 Å². The summed E-state index contributed by atoms with van der Waals surface area (Å²) in [4.78, 5) is 32.6. The lowest BCUT2D eigenvalue weighted by molar-refractivity contribution is 0.771. The number of hydrogen-bond donors (Lipinski definition) is 1. The number of pyridine rings is 1. The summed E-state index contributed by atoms with van der Waals surface area (Å²) in [5.74, 6) is 0.443. The van der Waals surface area contributed by atoms with Gasteiger partial charge in [-0.05, 0) is 23.8 Å². The van der Waals surface area contributed by atoms with Gasteiger partial charge in [0.15, 0.2) is 5.65 Å². The first-order valence-electron chi connectivity index (χ1n) is 8.17. The summed E-state index contributed by atoms with van der Waals surface area (Å²) < 4.78 is 3.34. The van der Waals surface area contributed by atoms with E-state index < -0.39 is 0 Å². The maximum atomic E-state index is 12.4. The molecule has 0 bridgehead atoms. The molecule has 4 heterocycles. The van der Waals surface area contributed by atoms with E-state index in [1.165, 1.54) is 0 Å². The largest absolute Gasteiger partial charge is 0.328 e. The van der Waals surface area contributed by atoms with Crippen LogP contribution in [-0.2, 0) is 6.54 Å². The van der Waals surface area contributed by atoms with E-state index in [9.17, 15) is 4.79 Å². The molecule has 0 aliphatic rings. The molecule has 0 radical (unpaired) electrons. The summed E-state index contributed by atoms with van der Waals surface area (Å²) in [5, 5.41) is 0.404. The zero-order valence-electron chi connectivity index (χ0n) is 13.9. The van der Waals surface area contributed by atoms with E-state index in [-0.39, 0.29) is 5.69 Å². The van der Waals surface area contributed by atoms with E-state index in [0.717, 1.165) is 16.6 Å². The van der Waals surface area contributed by atoms with E-state index >= 15 is 0 Å². The SMILES string of the molecule is O=c1[nH]c2cnc(-n3cnc4ccccc43)nc2n1Cc1ccc(Cl)nc1. The van der Waals surface area contributed by atoms with Crippen molar-refractivity contribution in [3.63, 3.8) is 0 Å².